The summed E-state index contributed by atoms with van der Waals surface area (Å²) in [5, 5.41) is 11.5. The van der Waals surface area contributed by atoms with E-state index in [1.807, 2.05) is 19.4 Å². The molecule has 1 aromatic carbocycles. The number of amides is 1. The van der Waals surface area contributed by atoms with Crippen molar-refractivity contribution in [3.8, 4) is 0 Å². The number of carbonyl (C=O) groups is 1. The van der Waals surface area contributed by atoms with Crippen LogP contribution in [0.2, 0.25) is 5.02 Å². The Hall–Kier alpha value is -2.87. The maximum atomic E-state index is 13.4. The highest BCUT2D eigenvalue weighted by Crippen LogP contribution is 2.44. The van der Waals surface area contributed by atoms with Crippen LogP contribution in [0.5, 0.6) is 0 Å². The van der Waals surface area contributed by atoms with Gasteiger partial charge < -0.3 is 11.1 Å². The minimum absolute atomic E-state index is 0.0581. The number of carbonyl (C=O) groups excluding carboxylic acids is 1. The number of hydrogen-bond donors (Lipinski definition) is 2. The van der Waals surface area contributed by atoms with Crippen molar-refractivity contribution >= 4 is 29.0 Å². The van der Waals surface area contributed by atoms with Crippen molar-refractivity contribution in [3.05, 3.63) is 58.3 Å². The summed E-state index contributed by atoms with van der Waals surface area (Å²) < 4.78 is 16.7. The molecule has 1 saturated carbocycles. The van der Waals surface area contributed by atoms with Crippen LogP contribution >= 0.6 is 11.6 Å². The number of rotatable bonds is 4. The molecule has 3 N–H and O–H groups in total. The topological polar surface area (TPSA) is 90.8 Å². The molecule has 2 heterocycles. The Morgan fingerprint density at radius 3 is 2.76 bits per heavy atom. The zero-order valence-electron chi connectivity index (χ0n) is 16.2. The zero-order valence-corrected chi connectivity index (χ0v) is 16.9. The number of aromatic nitrogens is 4. The van der Waals surface area contributed by atoms with E-state index in [1.54, 1.807) is 11.7 Å². The SMILES string of the molecule is Cn1cc([C@H]2CC[C@H](c3nn(C)c(N)c3C(=O)Nc3ccc(F)c(Cl)c3)C2)cn1. The molecule has 4 rings (SSSR count). The molecule has 2 aromatic heterocycles. The van der Waals surface area contributed by atoms with E-state index in [0.29, 0.717) is 28.7 Å². The molecule has 1 aliphatic carbocycles. The van der Waals surface area contributed by atoms with Crippen LogP contribution in [0.15, 0.2) is 30.6 Å². The maximum absolute atomic E-state index is 13.4. The van der Waals surface area contributed by atoms with E-state index in [4.69, 9.17) is 17.3 Å². The number of nitrogen functional groups attached to an aromatic ring is 1. The molecule has 0 spiro atoms. The summed E-state index contributed by atoms with van der Waals surface area (Å²) in [6.45, 7) is 0. The summed E-state index contributed by atoms with van der Waals surface area (Å²) >= 11 is 5.82. The van der Waals surface area contributed by atoms with Gasteiger partial charge in [0.25, 0.3) is 5.91 Å². The van der Waals surface area contributed by atoms with Crippen molar-refractivity contribution in [2.75, 3.05) is 11.1 Å². The number of halogens is 2. The average molecular weight is 417 g/mol. The molecule has 0 bridgehead atoms. The number of benzene rings is 1. The number of aryl methyl sites for hydroxylation is 2. The number of nitrogens with two attached hydrogens (primary N) is 1. The highest BCUT2D eigenvalue weighted by atomic mass is 35.5. The van der Waals surface area contributed by atoms with Gasteiger partial charge in [0, 0.05) is 31.9 Å². The van der Waals surface area contributed by atoms with Gasteiger partial charge in [0.05, 0.1) is 16.9 Å². The molecule has 1 aliphatic rings. The fourth-order valence-corrected chi connectivity index (χ4v) is 4.21. The highest BCUT2D eigenvalue weighted by Gasteiger charge is 2.34. The molecule has 152 valence electrons. The molecular formula is C20H22ClFN6O. The molecule has 0 aliphatic heterocycles. The Labute approximate surface area is 172 Å². The predicted molar refractivity (Wildman–Crippen MR) is 110 cm³/mol. The number of nitrogens with zero attached hydrogens (tertiary/aromatic N) is 4. The minimum atomic E-state index is -0.543. The second kappa shape index (κ2) is 7.51. The van der Waals surface area contributed by atoms with Crippen LogP contribution < -0.4 is 11.1 Å². The van der Waals surface area contributed by atoms with Crippen molar-refractivity contribution < 1.29 is 9.18 Å². The van der Waals surface area contributed by atoms with Gasteiger partial charge in [-0.2, -0.15) is 10.2 Å². The van der Waals surface area contributed by atoms with Crippen LogP contribution in [0.25, 0.3) is 0 Å². The van der Waals surface area contributed by atoms with Gasteiger partial charge in [0.15, 0.2) is 0 Å². The molecule has 3 aromatic rings. The molecular weight excluding hydrogens is 395 g/mol. The molecule has 1 amide bonds. The first kappa shape index (κ1) is 19.4. The Morgan fingerprint density at radius 2 is 2.07 bits per heavy atom. The van der Waals surface area contributed by atoms with E-state index in [2.05, 4.69) is 15.5 Å². The zero-order chi connectivity index (χ0) is 20.7. The fourth-order valence-electron chi connectivity index (χ4n) is 4.03. The maximum Gasteiger partial charge on any atom is 0.261 e. The van der Waals surface area contributed by atoms with Gasteiger partial charge in [0.2, 0.25) is 0 Å². The van der Waals surface area contributed by atoms with Crippen molar-refractivity contribution in [1.29, 1.82) is 0 Å². The standard InChI is InChI=1S/C20H22ClFN6O/c1-27-10-13(9-24-27)11-3-4-12(7-11)18-17(19(23)28(2)26-18)20(29)25-14-5-6-16(22)15(21)8-14/h5-6,8-12H,3-4,7,23H2,1-2H3,(H,25,29)/t11-,12-/m0/s1. The molecule has 0 saturated heterocycles. The molecule has 29 heavy (non-hydrogen) atoms. The van der Waals surface area contributed by atoms with Crippen LogP contribution in [-0.4, -0.2) is 25.5 Å². The third-order valence-corrected chi connectivity index (χ3v) is 5.83. The van der Waals surface area contributed by atoms with Gasteiger partial charge in [-0.1, -0.05) is 11.6 Å². The van der Waals surface area contributed by atoms with Crippen LogP contribution in [0.3, 0.4) is 0 Å². The molecule has 0 radical (unpaired) electrons. The second-order valence-corrected chi connectivity index (χ2v) is 7.91. The first-order valence-corrected chi connectivity index (χ1v) is 9.78. The van der Waals surface area contributed by atoms with Crippen molar-refractivity contribution in [2.24, 2.45) is 14.1 Å². The summed E-state index contributed by atoms with van der Waals surface area (Å²) in [5.74, 6) is -0.114. The Balaban J connectivity index is 1.58. The lowest BCUT2D eigenvalue weighted by Crippen LogP contribution is -2.16. The Kier molecular flexibility index (Phi) is 5.04. The van der Waals surface area contributed by atoms with Gasteiger partial charge in [-0.25, -0.2) is 4.39 Å². The summed E-state index contributed by atoms with van der Waals surface area (Å²) in [6, 6.07) is 4.04. The van der Waals surface area contributed by atoms with E-state index in [9.17, 15) is 9.18 Å². The van der Waals surface area contributed by atoms with Crippen LogP contribution in [0.1, 0.15) is 52.7 Å². The molecule has 9 heteroatoms. The second-order valence-electron chi connectivity index (χ2n) is 7.51. The molecule has 1 fully saturated rings. The van der Waals surface area contributed by atoms with Gasteiger partial charge in [-0.15, -0.1) is 0 Å². The third-order valence-electron chi connectivity index (χ3n) is 5.54. The quantitative estimate of drug-likeness (QED) is 0.676. The lowest BCUT2D eigenvalue weighted by atomic mass is 9.95. The third kappa shape index (κ3) is 3.72. The van der Waals surface area contributed by atoms with Crippen molar-refractivity contribution in [1.82, 2.24) is 19.6 Å². The van der Waals surface area contributed by atoms with Gasteiger partial charge in [-0.3, -0.25) is 14.2 Å². The molecule has 2 atom stereocenters. The van der Waals surface area contributed by atoms with Gasteiger partial charge >= 0.3 is 0 Å². The molecule has 0 unspecified atom stereocenters. The van der Waals surface area contributed by atoms with E-state index in [1.165, 1.54) is 28.4 Å². The normalized spacial score (nSPS) is 18.9. The van der Waals surface area contributed by atoms with Crippen molar-refractivity contribution in [3.63, 3.8) is 0 Å². The number of nitrogens with one attached hydrogen (secondary N) is 1. The van der Waals surface area contributed by atoms with E-state index < -0.39 is 5.82 Å². The van der Waals surface area contributed by atoms with Crippen molar-refractivity contribution in [2.45, 2.75) is 31.1 Å². The van der Waals surface area contributed by atoms with E-state index >= 15 is 0 Å². The van der Waals surface area contributed by atoms with Crippen LogP contribution in [0, 0.1) is 5.82 Å². The van der Waals surface area contributed by atoms with Crippen LogP contribution in [-0.2, 0) is 14.1 Å². The first-order valence-electron chi connectivity index (χ1n) is 9.40. The Morgan fingerprint density at radius 1 is 1.31 bits per heavy atom. The lowest BCUT2D eigenvalue weighted by molar-refractivity contribution is 0.102. The highest BCUT2D eigenvalue weighted by molar-refractivity contribution is 6.31. The fraction of sp³-hybridized carbons (Fsp3) is 0.350. The van der Waals surface area contributed by atoms with Crippen LogP contribution in [0.4, 0.5) is 15.9 Å². The Bertz CT molecular complexity index is 1080. The minimum Gasteiger partial charge on any atom is -0.383 e. The van der Waals surface area contributed by atoms with Gasteiger partial charge in [0.1, 0.15) is 17.2 Å². The number of anilines is 2. The average Bonchev–Trinajstić information content (AvgIpc) is 3.38. The van der Waals surface area contributed by atoms with E-state index in [0.717, 1.165) is 19.3 Å². The van der Waals surface area contributed by atoms with E-state index in [-0.39, 0.29) is 16.8 Å². The first-order chi connectivity index (χ1) is 13.8. The number of hydrogen-bond acceptors (Lipinski definition) is 4. The molecule has 7 nitrogen and oxygen atoms in total. The summed E-state index contributed by atoms with van der Waals surface area (Å²) in [7, 11) is 3.62. The summed E-state index contributed by atoms with van der Waals surface area (Å²) in [6.07, 6.45) is 6.72. The van der Waals surface area contributed by atoms with Gasteiger partial charge in [-0.05, 0) is 48.9 Å². The summed E-state index contributed by atoms with van der Waals surface area (Å²) in [4.78, 5) is 13.0. The monoisotopic (exact) mass is 416 g/mol. The predicted octanol–water partition coefficient (Wildman–Crippen LogP) is 3.83. The lowest BCUT2D eigenvalue weighted by Gasteiger charge is -2.11. The largest absolute Gasteiger partial charge is 0.383 e. The summed E-state index contributed by atoms with van der Waals surface area (Å²) in [5.41, 5.74) is 8.83. The smallest absolute Gasteiger partial charge is 0.261 e.